The van der Waals surface area contributed by atoms with Crippen LogP contribution in [-0.2, 0) is 0 Å². The van der Waals surface area contributed by atoms with E-state index in [1.54, 1.807) is 7.11 Å². The average molecular weight is 205 g/mol. The van der Waals surface area contributed by atoms with Crippen LogP contribution in [0.15, 0.2) is 12.1 Å². The molecule has 0 aliphatic carbocycles. The first-order chi connectivity index (χ1) is 5.15. The van der Waals surface area contributed by atoms with Crippen LogP contribution in [0.1, 0.15) is 11.1 Å². The predicted molar refractivity (Wildman–Crippen MR) is 59.1 cm³/mol. The standard InChI is InChI=1S/C9H13OP.ClH/c1-6-4-8(11)5-7(2)9(6)10-3;/h4-5H,11H2,1-3H3;1H. The Balaban J connectivity index is 0.00000121. The van der Waals surface area contributed by atoms with Crippen LogP contribution in [0.25, 0.3) is 0 Å². The molecule has 0 amide bonds. The number of benzene rings is 1. The van der Waals surface area contributed by atoms with E-state index in [0.717, 1.165) is 5.75 Å². The maximum atomic E-state index is 5.22. The topological polar surface area (TPSA) is 9.23 Å². The van der Waals surface area contributed by atoms with Gasteiger partial charge in [-0.25, -0.2) is 0 Å². The SMILES string of the molecule is COc1c(C)cc(P)cc1C.Cl. The molecular weight excluding hydrogens is 191 g/mol. The van der Waals surface area contributed by atoms with Crippen LogP contribution >= 0.6 is 21.6 Å². The Hall–Kier alpha value is -0.260. The van der Waals surface area contributed by atoms with Gasteiger partial charge in [-0.1, -0.05) is 0 Å². The van der Waals surface area contributed by atoms with Crippen molar-refractivity contribution in [2.24, 2.45) is 0 Å². The van der Waals surface area contributed by atoms with Crippen LogP contribution in [0.3, 0.4) is 0 Å². The summed E-state index contributed by atoms with van der Waals surface area (Å²) in [6.45, 7) is 4.11. The fourth-order valence-corrected chi connectivity index (χ4v) is 1.81. The molecule has 1 aromatic rings. The highest BCUT2D eigenvalue weighted by atomic mass is 35.5. The number of methoxy groups -OCH3 is 1. The van der Waals surface area contributed by atoms with Gasteiger partial charge in [0, 0.05) is 0 Å². The maximum absolute atomic E-state index is 5.22. The van der Waals surface area contributed by atoms with Gasteiger partial charge < -0.3 is 4.74 Å². The molecule has 68 valence electrons. The van der Waals surface area contributed by atoms with Crippen molar-refractivity contribution in [1.29, 1.82) is 0 Å². The zero-order chi connectivity index (χ0) is 8.43. The van der Waals surface area contributed by atoms with Crippen LogP contribution in [-0.4, -0.2) is 7.11 Å². The van der Waals surface area contributed by atoms with E-state index in [9.17, 15) is 0 Å². The fourth-order valence-electron chi connectivity index (χ4n) is 1.31. The van der Waals surface area contributed by atoms with Gasteiger partial charge in [-0.3, -0.25) is 0 Å². The molecule has 1 nitrogen and oxygen atoms in total. The summed E-state index contributed by atoms with van der Waals surface area (Å²) in [6.07, 6.45) is 0. The number of ether oxygens (including phenoxy) is 1. The molecule has 0 fully saturated rings. The van der Waals surface area contributed by atoms with Crippen LogP contribution in [0.5, 0.6) is 5.75 Å². The van der Waals surface area contributed by atoms with Gasteiger partial charge in [0.2, 0.25) is 0 Å². The lowest BCUT2D eigenvalue weighted by Crippen LogP contribution is -1.97. The largest absolute Gasteiger partial charge is 0.496 e. The molecule has 1 rings (SSSR count). The fraction of sp³-hybridized carbons (Fsp3) is 0.333. The van der Waals surface area contributed by atoms with Crippen molar-refractivity contribution in [2.75, 3.05) is 7.11 Å². The average Bonchev–Trinajstić information content (AvgIpc) is 1.85. The van der Waals surface area contributed by atoms with Gasteiger partial charge in [-0.15, -0.1) is 21.6 Å². The van der Waals surface area contributed by atoms with Crippen molar-refractivity contribution < 1.29 is 4.74 Å². The minimum absolute atomic E-state index is 0. The van der Waals surface area contributed by atoms with E-state index in [1.165, 1.54) is 16.4 Å². The lowest BCUT2D eigenvalue weighted by atomic mass is 10.1. The number of hydrogen-bond donors (Lipinski definition) is 0. The summed E-state index contributed by atoms with van der Waals surface area (Å²) in [5, 5.41) is 1.21. The number of halogens is 1. The minimum Gasteiger partial charge on any atom is -0.496 e. The Kier molecular flexibility index (Phi) is 4.59. The molecule has 0 radical (unpaired) electrons. The second-order valence-electron chi connectivity index (χ2n) is 2.69. The zero-order valence-corrected chi connectivity index (χ0v) is 9.52. The molecule has 3 heteroatoms. The Labute approximate surface area is 82.1 Å². The Morgan fingerprint density at radius 2 is 1.58 bits per heavy atom. The van der Waals surface area contributed by atoms with Gasteiger partial charge in [-0.05, 0) is 42.4 Å². The summed E-state index contributed by atoms with van der Waals surface area (Å²) in [7, 11) is 4.39. The van der Waals surface area contributed by atoms with Crippen LogP contribution in [0.4, 0.5) is 0 Å². The Morgan fingerprint density at radius 1 is 1.17 bits per heavy atom. The lowest BCUT2D eigenvalue weighted by molar-refractivity contribution is 0.409. The number of rotatable bonds is 1. The molecule has 12 heavy (non-hydrogen) atoms. The van der Waals surface area contributed by atoms with E-state index in [2.05, 4.69) is 35.2 Å². The monoisotopic (exact) mass is 204 g/mol. The minimum atomic E-state index is 0. The first-order valence-corrected chi connectivity index (χ1v) is 4.13. The molecule has 0 saturated heterocycles. The zero-order valence-electron chi connectivity index (χ0n) is 7.55. The van der Waals surface area contributed by atoms with Crippen molar-refractivity contribution in [3.05, 3.63) is 23.3 Å². The second-order valence-corrected chi connectivity index (χ2v) is 3.35. The molecule has 0 aromatic heterocycles. The summed E-state index contributed by atoms with van der Waals surface area (Å²) in [6, 6.07) is 4.19. The summed E-state index contributed by atoms with van der Waals surface area (Å²) in [5.41, 5.74) is 2.38. The van der Waals surface area contributed by atoms with E-state index in [4.69, 9.17) is 4.74 Å². The van der Waals surface area contributed by atoms with Crippen LogP contribution < -0.4 is 10.0 Å². The number of aryl methyl sites for hydroxylation is 2. The molecule has 0 N–H and O–H groups in total. The second kappa shape index (κ2) is 4.69. The van der Waals surface area contributed by atoms with E-state index < -0.39 is 0 Å². The normalized spacial score (nSPS) is 9.00. The van der Waals surface area contributed by atoms with Gasteiger partial charge in [0.1, 0.15) is 5.75 Å². The molecule has 0 bridgehead atoms. The van der Waals surface area contributed by atoms with E-state index in [1.807, 2.05) is 0 Å². The number of hydrogen-bond acceptors (Lipinski definition) is 1. The van der Waals surface area contributed by atoms with Gasteiger partial charge in [0.05, 0.1) is 7.11 Å². The van der Waals surface area contributed by atoms with Gasteiger partial charge >= 0.3 is 0 Å². The van der Waals surface area contributed by atoms with Crippen LogP contribution in [0.2, 0.25) is 0 Å². The van der Waals surface area contributed by atoms with Gasteiger partial charge in [0.25, 0.3) is 0 Å². The molecule has 1 atom stereocenters. The third kappa shape index (κ3) is 2.36. The lowest BCUT2D eigenvalue weighted by Gasteiger charge is -2.08. The highest BCUT2D eigenvalue weighted by Crippen LogP contribution is 2.21. The van der Waals surface area contributed by atoms with Crippen LogP contribution in [0, 0.1) is 13.8 Å². The van der Waals surface area contributed by atoms with Gasteiger partial charge in [-0.2, -0.15) is 0 Å². The van der Waals surface area contributed by atoms with Crippen molar-refractivity contribution in [2.45, 2.75) is 13.8 Å². The highest BCUT2D eigenvalue weighted by molar-refractivity contribution is 7.27. The molecule has 1 unspecified atom stereocenters. The smallest absolute Gasteiger partial charge is 0.124 e. The quantitative estimate of drug-likeness (QED) is 0.638. The Bertz CT molecular complexity index is 250. The molecule has 0 aliphatic heterocycles. The van der Waals surface area contributed by atoms with Crippen molar-refractivity contribution in [3.63, 3.8) is 0 Å². The maximum Gasteiger partial charge on any atom is 0.124 e. The van der Waals surface area contributed by atoms with Crippen molar-refractivity contribution >= 4 is 27.0 Å². The molecule has 0 spiro atoms. The Morgan fingerprint density at radius 3 is 1.92 bits per heavy atom. The van der Waals surface area contributed by atoms with Crippen molar-refractivity contribution in [3.8, 4) is 5.75 Å². The molecule has 0 heterocycles. The van der Waals surface area contributed by atoms with E-state index in [0.29, 0.717) is 0 Å². The van der Waals surface area contributed by atoms with Crippen molar-refractivity contribution in [1.82, 2.24) is 0 Å². The highest BCUT2D eigenvalue weighted by Gasteiger charge is 2.01. The van der Waals surface area contributed by atoms with Gasteiger partial charge in [0.15, 0.2) is 0 Å². The first kappa shape index (κ1) is 11.7. The predicted octanol–water partition coefficient (Wildman–Crippen LogP) is 2.23. The molecule has 0 saturated carbocycles. The third-order valence-corrected chi connectivity index (χ3v) is 2.02. The van der Waals surface area contributed by atoms with E-state index >= 15 is 0 Å². The first-order valence-electron chi connectivity index (χ1n) is 3.56. The summed E-state index contributed by atoms with van der Waals surface area (Å²) >= 11 is 0. The molecule has 0 aliphatic rings. The third-order valence-electron chi connectivity index (χ3n) is 1.69. The molecule has 1 aromatic carbocycles. The summed E-state index contributed by atoms with van der Waals surface area (Å²) in [4.78, 5) is 0. The summed E-state index contributed by atoms with van der Waals surface area (Å²) < 4.78 is 5.22. The molecular formula is C9H14ClOP. The summed E-state index contributed by atoms with van der Waals surface area (Å²) in [5.74, 6) is 0.996. The van der Waals surface area contributed by atoms with E-state index in [-0.39, 0.29) is 12.4 Å².